The molecular formula is C8H10N2O3. The summed E-state index contributed by atoms with van der Waals surface area (Å²) in [4.78, 5) is 10.6. The van der Waals surface area contributed by atoms with Gasteiger partial charge in [0.25, 0.3) is 0 Å². The van der Waals surface area contributed by atoms with Crippen LogP contribution < -0.4 is 4.74 Å². The van der Waals surface area contributed by atoms with E-state index in [9.17, 15) is 4.79 Å². The molecule has 0 saturated carbocycles. The lowest BCUT2D eigenvalue weighted by Crippen LogP contribution is -2.31. The number of fused-ring (bicyclic) bond motifs is 1. The van der Waals surface area contributed by atoms with Crippen LogP contribution in [0.1, 0.15) is 5.69 Å². The molecular weight excluding hydrogens is 172 g/mol. The van der Waals surface area contributed by atoms with Crippen molar-refractivity contribution in [3.8, 4) is 5.88 Å². The van der Waals surface area contributed by atoms with Gasteiger partial charge in [0.05, 0.1) is 12.2 Å². The molecule has 0 aliphatic carbocycles. The third kappa shape index (κ3) is 1.37. The summed E-state index contributed by atoms with van der Waals surface area (Å²) in [6.07, 6.45) is 0. The van der Waals surface area contributed by atoms with Gasteiger partial charge in [-0.15, -0.1) is 0 Å². The van der Waals surface area contributed by atoms with Crippen molar-refractivity contribution in [2.75, 3.05) is 6.61 Å². The van der Waals surface area contributed by atoms with Gasteiger partial charge in [-0.2, -0.15) is 5.10 Å². The highest BCUT2D eigenvalue weighted by Gasteiger charge is 2.26. The number of hydrogen-bond acceptors (Lipinski definition) is 3. The van der Waals surface area contributed by atoms with Crippen molar-refractivity contribution in [1.82, 2.24) is 9.78 Å². The van der Waals surface area contributed by atoms with Crippen LogP contribution in [0.2, 0.25) is 0 Å². The van der Waals surface area contributed by atoms with Crippen molar-refractivity contribution in [3.05, 3.63) is 11.8 Å². The van der Waals surface area contributed by atoms with E-state index in [1.54, 1.807) is 10.7 Å². The van der Waals surface area contributed by atoms with Crippen LogP contribution in [0.25, 0.3) is 0 Å². The standard InChI is InChI=1S/C8H10N2O3/c1-5-2-7-10(9-5)3-6(4-13-7)8(11)12/h2,6H,3-4H2,1H3,(H,11,12). The molecule has 0 radical (unpaired) electrons. The van der Waals surface area contributed by atoms with Gasteiger partial charge in [0.1, 0.15) is 12.5 Å². The average molecular weight is 182 g/mol. The summed E-state index contributed by atoms with van der Waals surface area (Å²) in [5.41, 5.74) is 0.848. The molecule has 1 aromatic rings. The van der Waals surface area contributed by atoms with Gasteiger partial charge in [-0.25, -0.2) is 4.68 Å². The maximum Gasteiger partial charge on any atom is 0.311 e. The Morgan fingerprint density at radius 3 is 3.31 bits per heavy atom. The fourth-order valence-corrected chi connectivity index (χ4v) is 1.37. The van der Waals surface area contributed by atoms with E-state index in [1.807, 2.05) is 6.92 Å². The van der Waals surface area contributed by atoms with E-state index in [1.165, 1.54) is 0 Å². The Labute approximate surface area is 74.9 Å². The Hall–Kier alpha value is -1.52. The Bertz CT molecular complexity index is 345. The van der Waals surface area contributed by atoms with E-state index < -0.39 is 11.9 Å². The Balaban J connectivity index is 2.24. The number of carbonyl (C=O) groups is 1. The van der Waals surface area contributed by atoms with E-state index in [2.05, 4.69) is 5.10 Å². The summed E-state index contributed by atoms with van der Waals surface area (Å²) in [7, 11) is 0. The second-order valence-corrected chi connectivity index (χ2v) is 3.15. The van der Waals surface area contributed by atoms with Crippen molar-refractivity contribution in [2.45, 2.75) is 13.5 Å². The second-order valence-electron chi connectivity index (χ2n) is 3.15. The molecule has 1 aliphatic rings. The van der Waals surface area contributed by atoms with E-state index in [0.29, 0.717) is 12.4 Å². The number of hydrogen-bond donors (Lipinski definition) is 1. The first-order valence-electron chi connectivity index (χ1n) is 4.07. The number of rotatable bonds is 1. The predicted octanol–water partition coefficient (Wildman–Crippen LogP) is 0.285. The minimum absolute atomic E-state index is 0.237. The highest BCUT2D eigenvalue weighted by Crippen LogP contribution is 2.20. The fraction of sp³-hybridized carbons (Fsp3) is 0.500. The first-order valence-corrected chi connectivity index (χ1v) is 4.07. The fourth-order valence-electron chi connectivity index (χ4n) is 1.37. The van der Waals surface area contributed by atoms with Crippen molar-refractivity contribution >= 4 is 5.97 Å². The van der Waals surface area contributed by atoms with Gasteiger partial charge in [-0.05, 0) is 6.92 Å². The summed E-state index contributed by atoms with van der Waals surface area (Å²) in [6, 6.07) is 1.80. The van der Waals surface area contributed by atoms with E-state index in [4.69, 9.17) is 9.84 Å². The zero-order valence-electron chi connectivity index (χ0n) is 7.23. The van der Waals surface area contributed by atoms with E-state index in [0.717, 1.165) is 5.69 Å². The first-order chi connectivity index (χ1) is 6.16. The van der Waals surface area contributed by atoms with Crippen LogP contribution in [0.15, 0.2) is 6.07 Å². The second kappa shape index (κ2) is 2.76. The Morgan fingerprint density at radius 1 is 1.85 bits per heavy atom. The molecule has 2 heterocycles. The highest BCUT2D eigenvalue weighted by molar-refractivity contribution is 5.70. The smallest absolute Gasteiger partial charge is 0.311 e. The normalized spacial score (nSPS) is 20.5. The number of aliphatic carboxylic acids is 1. The number of ether oxygens (including phenoxy) is 1. The maximum atomic E-state index is 10.6. The summed E-state index contributed by atoms with van der Waals surface area (Å²) in [5.74, 6) is -0.652. The molecule has 0 spiro atoms. The lowest BCUT2D eigenvalue weighted by molar-refractivity contribution is -0.144. The molecule has 0 aromatic carbocycles. The molecule has 2 rings (SSSR count). The van der Waals surface area contributed by atoms with E-state index in [-0.39, 0.29) is 6.61 Å². The van der Waals surface area contributed by atoms with Crippen molar-refractivity contribution < 1.29 is 14.6 Å². The van der Waals surface area contributed by atoms with Crippen LogP contribution >= 0.6 is 0 Å². The molecule has 1 aromatic heterocycles. The van der Waals surface area contributed by atoms with Gasteiger partial charge in [0.15, 0.2) is 0 Å². The van der Waals surface area contributed by atoms with Crippen LogP contribution in [0.4, 0.5) is 0 Å². The number of aromatic nitrogens is 2. The monoisotopic (exact) mass is 182 g/mol. The largest absolute Gasteiger partial charge is 0.481 e. The first kappa shape index (κ1) is 8.10. The zero-order chi connectivity index (χ0) is 9.42. The Morgan fingerprint density at radius 2 is 2.62 bits per heavy atom. The maximum absolute atomic E-state index is 10.6. The summed E-state index contributed by atoms with van der Waals surface area (Å²) in [6.45, 7) is 2.49. The minimum atomic E-state index is -0.834. The lowest BCUT2D eigenvalue weighted by Gasteiger charge is -2.20. The number of aryl methyl sites for hydroxylation is 1. The van der Waals surface area contributed by atoms with Gasteiger partial charge in [-0.3, -0.25) is 4.79 Å². The van der Waals surface area contributed by atoms with E-state index >= 15 is 0 Å². The predicted molar refractivity (Wildman–Crippen MR) is 43.6 cm³/mol. The van der Waals surface area contributed by atoms with Crippen molar-refractivity contribution in [1.29, 1.82) is 0 Å². The number of nitrogens with zero attached hydrogens (tertiary/aromatic N) is 2. The summed E-state index contributed by atoms with van der Waals surface area (Å²) >= 11 is 0. The lowest BCUT2D eigenvalue weighted by atomic mass is 10.1. The van der Waals surface area contributed by atoms with Gasteiger partial charge >= 0.3 is 5.97 Å². The van der Waals surface area contributed by atoms with Crippen LogP contribution in [-0.4, -0.2) is 27.5 Å². The summed E-state index contributed by atoms with van der Waals surface area (Å²) < 4.78 is 6.83. The molecule has 0 bridgehead atoms. The summed E-state index contributed by atoms with van der Waals surface area (Å²) in [5, 5.41) is 12.9. The van der Waals surface area contributed by atoms with Crippen molar-refractivity contribution in [2.24, 2.45) is 5.92 Å². The molecule has 1 atom stereocenters. The molecule has 1 unspecified atom stereocenters. The number of carboxylic acid groups (broad SMARTS) is 1. The molecule has 1 aliphatic heterocycles. The van der Waals surface area contributed by atoms with Crippen molar-refractivity contribution in [3.63, 3.8) is 0 Å². The SMILES string of the molecule is Cc1cc2n(n1)CC(C(=O)O)CO2. The molecule has 1 N–H and O–H groups in total. The van der Waals surface area contributed by atoms with Gasteiger partial charge in [-0.1, -0.05) is 0 Å². The number of carboxylic acids is 1. The molecule has 70 valence electrons. The van der Waals surface area contributed by atoms with Crippen LogP contribution in [-0.2, 0) is 11.3 Å². The molecule has 0 saturated heterocycles. The average Bonchev–Trinajstić information content (AvgIpc) is 2.42. The molecule has 5 nitrogen and oxygen atoms in total. The molecule has 0 fully saturated rings. The van der Waals surface area contributed by atoms with Gasteiger partial charge < -0.3 is 9.84 Å². The Kier molecular flexibility index (Phi) is 1.72. The van der Waals surface area contributed by atoms with Gasteiger partial charge in [0.2, 0.25) is 5.88 Å². The minimum Gasteiger partial charge on any atom is -0.481 e. The third-order valence-corrected chi connectivity index (χ3v) is 2.04. The molecule has 0 amide bonds. The molecule has 5 heteroatoms. The topological polar surface area (TPSA) is 64.4 Å². The third-order valence-electron chi connectivity index (χ3n) is 2.04. The quantitative estimate of drug-likeness (QED) is 0.677. The van der Waals surface area contributed by atoms with Crippen LogP contribution in [0, 0.1) is 12.8 Å². The van der Waals surface area contributed by atoms with Crippen LogP contribution in [0.3, 0.4) is 0 Å². The van der Waals surface area contributed by atoms with Gasteiger partial charge in [0, 0.05) is 6.07 Å². The van der Waals surface area contributed by atoms with Crippen LogP contribution in [0.5, 0.6) is 5.88 Å². The molecule has 13 heavy (non-hydrogen) atoms. The zero-order valence-corrected chi connectivity index (χ0v) is 7.23. The highest BCUT2D eigenvalue weighted by atomic mass is 16.5.